The summed E-state index contributed by atoms with van der Waals surface area (Å²) in [4.78, 5) is 23.2. The van der Waals surface area contributed by atoms with Gasteiger partial charge in [-0.15, -0.1) is 0 Å². The topological polar surface area (TPSA) is 91.8 Å². The molecule has 0 amide bonds. The van der Waals surface area contributed by atoms with Crippen LogP contribution in [0.3, 0.4) is 0 Å². The number of hydrogen-bond acceptors (Lipinski definition) is 6. The summed E-state index contributed by atoms with van der Waals surface area (Å²) in [6, 6.07) is 14.5. The summed E-state index contributed by atoms with van der Waals surface area (Å²) in [6.07, 6.45) is -4.99. The highest BCUT2D eigenvalue weighted by Gasteiger charge is 2.40. The van der Waals surface area contributed by atoms with Crippen molar-refractivity contribution in [3.63, 3.8) is 0 Å². The van der Waals surface area contributed by atoms with Gasteiger partial charge in [0.05, 0.1) is 10.3 Å². The Morgan fingerprint density at radius 1 is 1.00 bits per heavy atom. The van der Waals surface area contributed by atoms with Crippen molar-refractivity contribution in [2.24, 2.45) is 0 Å². The van der Waals surface area contributed by atoms with Crippen molar-refractivity contribution < 1.29 is 32.0 Å². The molecule has 0 bridgehead atoms. The van der Waals surface area contributed by atoms with Crippen LogP contribution in [0.4, 0.5) is 18.9 Å². The van der Waals surface area contributed by atoms with Gasteiger partial charge in [0.15, 0.2) is 0 Å². The molecule has 180 valence electrons. The molecule has 35 heavy (non-hydrogen) atoms. The Labute approximate surface area is 196 Å². The summed E-state index contributed by atoms with van der Waals surface area (Å²) in [7, 11) is 0. The molecule has 10 heteroatoms. The fourth-order valence-corrected chi connectivity index (χ4v) is 3.33. The van der Waals surface area contributed by atoms with Crippen molar-refractivity contribution in [1.29, 1.82) is 0 Å². The third-order valence-electron chi connectivity index (χ3n) is 5.19. The Morgan fingerprint density at radius 2 is 1.71 bits per heavy atom. The molecule has 0 fully saturated rings. The number of nitro groups is 1. The monoisotopic (exact) mass is 485 g/mol. The lowest BCUT2D eigenvalue weighted by Crippen LogP contribution is -2.15. The third-order valence-corrected chi connectivity index (χ3v) is 5.19. The van der Waals surface area contributed by atoms with E-state index >= 15 is 0 Å². The second kappa shape index (κ2) is 9.13. The highest BCUT2D eigenvalue weighted by Crippen LogP contribution is 2.39. The zero-order valence-corrected chi connectivity index (χ0v) is 18.5. The number of non-ortho nitro benzene ring substituents is 1. The van der Waals surface area contributed by atoms with Crippen molar-refractivity contribution >= 4 is 16.7 Å². The number of hydrogen-bond donors (Lipinski definition) is 0. The number of aryl methyl sites for hydroxylation is 2. The Morgan fingerprint density at radius 3 is 2.37 bits per heavy atom. The molecule has 0 aliphatic rings. The second-order valence-corrected chi connectivity index (χ2v) is 7.83. The fraction of sp³-hybridized carbons (Fsp3) is 0.160. The van der Waals surface area contributed by atoms with Crippen LogP contribution in [-0.4, -0.2) is 4.92 Å². The number of halogens is 3. The molecule has 7 nitrogen and oxygen atoms in total. The SMILES string of the molecule is Cc1ccc(C)c(Oc2c(C(F)(F)F)oc3cc(OCc4ccc([N+](=O)[O-])cc4)ccc3c2=O)c1. The van der Waals surface area contributed by atoms with Gasteiger partial charge in [0.1, 0.15) is 23.7 Å². The van der Waals surface area contributed by atoms with Crippen LogP contribution in [0.25, 0.3) is 11.0 Å². The molecule has 0 N–H and O–H groups in total. The van der Waals surface area contributed by atoms with E-state index in [-0.39, 0.29) is 34.8 Å². The number of ether oxygens (including phenoxy) is 2. The van der Waals surface area contributed by atoms with Crippen molar-refractivity contribution in [1.82, 2.24) is 0 Å². The van der Waals surface area contributed by atoms with Gasteiger partial charge in [-0.2, -0.15) is 13.2 Å². The maximum absolute atomic E-state index is 13.8. The van der Waals surface area contributed by atoms with Crippen molar-refractivity contribution in [2.45, 2.75) is 26.6 Å². The predicted octanol–water partition coefficient (Wildman–Crippen LogP) is 6.71. The maximum atomic E-state index is 13.8. The van der Waals surface area contributed by atoms with Crippen molar-refractivity contribution in [3.05, 3.63) is 103 Å². The van der Waals surface area contributed by atoms with Gasteiger partial charge in [0.2, 0.25) is 11.2 Å². The lowest BCUT2D eigenvalue weighted by atomic mass is 10.1. The molecular weight excluding hydrogens is 467 g/mol. The first-order valence-corrected chi connectivity index (χ1v) is 10.3. The minimum atomic E-state index is -4.99. The Hall–Kier alpha value is -4.34. The molecule has 4 rings (SSSR count). The van der Waals surface area contributed by atoms with Gasteiger partial charge in [-0.1, -0.05) is 12.1 Å². The summed E-state index contributed by atoms with van der Waals surface area (Å²) >= 11 is 0. The summed E-state index contributed by atoms with van der Waals surface area (Å²) in [5.41, 5.74) is 0.529. The van der Waals surface area contributed by atoms with E-state index < -0.39 is 28.0 Å². The quantitative estimate of drug-likeness (QED) is 0.223. The highest BCUT2D eigenvalue weighted by molar-refractivity contribution is 5.79. The van der Waals surface area contributed by atoms with Crippen LogP contribution in [-0.2, 0) is 12.8 Å². The molecule has 0 aliphatic carbocycles. The predicted molar refractivity (Wildman–Crippen MR) is 121 cm³/mol. The second-order valence-electron chi connectivity index (χ2n) is 7.83. The van der Waals surface area contributed by atoms with E-state index in [0.717, 1.165) is 5.56 Å². The van der Waals surface area contributed by atoms with Gasteiger partial charge >= 0.3 is 6.18 Å². The van der Waals surface area contributed by atoms with Crippen molar-refractivity contribution in [3.8, 4) is 17.2 Å². The largest absolute Gasteiger partial charge is 0.489 e. The summed E-state index contributed by atoms with van der Waals surface area (Å²) < 4.78 is 57.5. The zero-order valence-electron chi connectivity index (χ0n) is 18.5. The van der Waals surface area contributed by atoms with Crippen LogP contribution in [0.15, 0.2) is 69.9 Å². The summed E-state index contributed by atoms with van der Waals surface area (Å²) in [6.45, 7) is 3.39. The lowest BCUT2D eigenvalue weighted by Gasteiger charge is -2.15. The molecule has 4 aromatic rings. The van der Waals surface area contributed by atoms with Crippen LogP contribution in [0.2, 0.25) is 0 Å². The summed E-state index contributed by atoms with van der Waals surface area (Å²) in [5.74, 6) is -2.23. The van der Waals surface area contributed by atoms with Crippen LogP contribution in [0, 0.1) is 24.0 Å². The van der Waals surface area contributed by atoms with Crippen LogP contribution in [0.5, 0.6) is 17.2 Å². The van der Waals surface area contributed by atoms with Gasteiger partial charge in [0, 0.05) is 18.2 Å². The van der Waals surface area contributed by atoms with E-state index in [4.69, 9.17) is 13.9 Å². The zero-order chi connectivity index (χ0) is 25.3. The Balaban J connectivity index is 1.69. The first-order valence-electron chi connectivity index (χ1n) is 10.3. The van der Waals surface area contributed by atoms with E-state index in [0.29, 0.717) is 11.1 Å². The number of benzene rings is 3. The molecule has 3 aromatic carbocycles. The standard InChI is InChI=1S/C25H18F3NO6/c1-14-3-4-15(2)20(11-14)34-23-22(30)19-10-9-18(12-21(19)35-24(23)25(26,27)28)33-13-16-5-7-17(8-6-16)29(31)32/h3-12H,13H2,1-2H3. The number of fused-ring (bicyclic) bond motifs is 1. The van der Waals surface area contributed by atoms with Crippen LogP contribution < -0.4 is 14.9 Å². The van der Waals surface area contributed by atoms with E-state index in [1.807, 2.05) is 0 Å². The van der Waals surface area contributed by atoms with Gasteiger partial charge in [-0.25, -0.2) is 0 Å². The van der Waals surface area contributed by atoms with Gasteiger partial charge < -0.3 is 13.9 Å². The lowest BCUT2D eigenvalue weighted by molar-refractivity contribution is -0.384. The van der Waals surface area contributed by atoms with Crippen LogP contribution >= 0.6 is 0 Å². The number of nitro benzene ring substituents is 1. The number of rotatable bonds is 6. The van der Waals surface area contributed by atoms with Gasteiger partial charge in [-0.05, 0) is 60.9 Å². The first kappa shape index (κ1) is 23.8. The molecule has 0 saturated carbocycles. The van der Waals surface area contributed by atoms with E-state index in [1.165, 1.54) is 48.5 Å². The molecule has 0 saturated heterocycles. The smallest absolute Gasteiger partial charge is 0.453 e. The Kier molecular flexibility index (Phi) is 6.21. The fourth-order valence-electron chi connectivity index (χ4n) is 3.33. The third kappa shape index (κ3) is 5.11. The molecule has 1 aromatic heterocycles. The Bertz CT molecular complexity index is 1480. The molecule has 1 heterocycles. The first-order chi connectivity index (χ1) is 16.5. The van der Waals surface area contributed by atoms with E-state index in [9.17, 15) is 28.1 Å². The molecule has 0 spiro atoms. The highest BCUT2D eigenvalue weighted by atomic mass is 19.4. The van der Waals surface area contributed by atoms with E-state index in [2.05, 4.69) is 0 Å². The van der Waals surface area contributed by atoms with E-state index in [1.54, 1.807) is 26.0 Å². The number of alkyl halides is 3. The summed E-state index contributed by atoms with van der Waals surface area (Å²) in [5, 5.41) is 10.6. The van der Waals surface area contributed by atoms with Crippen molar-refractivity contribution in [2.75, 3.05) is 0 Å². The minimum absolute atomic E-state index is 0.00626. The normalized spacial score (nSPS) is 11.5. The van der Waals surface area contributed by atoms with Crippen LogP contribution in [0.1, 0.15) is 22.5 Å². The maximum Gasteiger partial charge on any atom is 0.453 e. The number of nitrogens with zero attached hydrogens (tertiary/aromatic N) is 1. The molecular formula is C25H18F3NO6. The van der Waals surface area contributed by atoms with Gasteiger partial charge in [-0.3, -0.25) is 14.9 Å². The average molecular weight is 485 g/mol. The van der Waals surface area contributed by atoms with Gasteiger partial charge in [0.25, 0.3) is 11.4 Å². The average Bonchev–Trinajstić information content (AvgIpc) is 2.81. The molecule has 0 aliphatic heterocycles. The molecule has 0 unspecified atom stereocenters. The molecule has 0 atom stereocenters. The molecule has 0 radical (unpaired) electrons. The minimum Gasteiger partial charge on any atom is -0.489 e.